The van der Waals surface area contributed by atoms with Gasteiger partial charge in [-0.05, 0) is 35.9 Å². The first-order valence-corrected chi connectivity index (χ1v) is 9.67. The first kappa shape index (κ1) is 17.4. The van der Waals surface area contributed by atoms with Crippen molar-refractivity contribution in [3.63, 3.8) is 0 Å². The number of hydrogen-bond donors (Lipinski definition) is 1. The molecule has 5 heteroatoms. The third kappa shape index (κ3) is 3.55. The van der Waals surface area contributed by atoms with E-state index in [0.29, 0.717) is 0 Å². The molecule has 138 valence electrons. The lowest BCUT2D eigenvalue weighted by atomic mass is 9.95. The highest BCUT2D eigenvalue weighted by molar-refractivity contribution is 6.32. The fourth-order valence-corrected chi connectivity index (χ4v) is 3.53. The van der Waals surface area contributed by atoms with Gasteiger partial charge in [0.05, 0.1) is 22.6 Å². The van der Waals surface area contributed by atoms with E-state index in [0.717, 1.165) is 45.8 Å². The standard InChI is InChI=1S/C24H19BN4/c25-19-9-6-16(7-10-19)14-22-28-23(24(29-22)21-5-1-2-12-27-21)18-8-11-20-17(15-18)4-3-13-26-20/h1-13,15H,14,25H2,(H,28,29). The summed E-state index contributed by atoms with van der Waals surface area (Å²) >= 11 is 0. The van der Waals surface area contributed by atoms with Crippen molar-refractivity contribution in [3.05, 3.63) is 96.6 Å². The predicted octanol–water partition coefficient (Wildman–Crippen LogP) is 3.54. The molecule has 3 aromatic heterocycles. The number of H-pyrrole nitrogens is 1. The van der Waals surface area contributed by atoms with E-state index in [2.05, 4.69) is 65.3 Å². The minimum absolute atomic E-state index is 0.745. The molecule has 0 radical (unpaired) electrons. The van der Waals surface area contributed by atoms with Gasteiger partial charge < -0.3 is 4.98 Å². The number of hydrogen-bond acceptors (Lipinski definition) is 3. The van der Waals surface area contributed by atoms with Crippen LogP contribution in [0, 0.1) is 0 Å². The molecule has 3 heterocycles. The Hall–Kier alpha value is -3.73. The average Bonchev–Trinajstić information content (AvgIpc) is 3.19. The van der Waals surface area contributed by atoms with Crippen LogP contribution in [0.2, 0.25) is 0 Å². The molecular formula is C24H19BN4. The molecule has 0 aliphatic carbocycles. The van der Waals surface area contributed by atoms with Gasteiger partial charge in [-0.2, -0.15) is 0 Å². The molecule has 0 aliphatic heterocycles. The number of benzene rings is 2. The molecule has 0 spiro atoms. The summed E-state index contributed by atoms with van der Waals surface area (Å²) in [4.78, 5) is 17.5. The number of aromatic amines is 1. The van der Waals surface area contributed by atoms with Crippen LogP contribution in [0.15, 0.2) is 85.2 Å². The van der Waals surface area contributed by atoms with Crippen molar-refractivity contribution in [2.75, 3.05) is 0 Å². The normalized spacial score (nSPS) is 11.0. The maximum absolute atomic E-state index is 4.97. The van der Waals surface area contributed by atoms with Gasteiger partial charge in [0.2, 0.25) is 0 Å². The average molecular weight is 374 g/mol. The Morgan fingerprint density at radius 1 is 0.828 bits per heavy atom. The van der Waals surface area contributed by atoms with Crippen LogP contribution in [0.4, 0.5) is 0 Å². The van der Waals surface area contributed by atoms with Crippen LogP contribution in [-0.2, 0) is 6.42 Å². The molecule has 2 aromatic carbocycles. The Labute approximate surface area is 170 Å². The molecule has 0 atom stereocenters. The third-order valence-electron chi connectivity index (χ3n) is 5.04. The smallest absolute Gasteiger partial charge is 0.139 e. The molecule has 4 nitrogen and oxygen atoms in total. The van der Waals surface area contributed by atoms with Gasteiger partial charge in [0, 0.05) is 29.8 Å². The summed E-state index contributed by atoms with van der Waals surface area (Å²) in [7, 11) is 2.10. The van der Waals surface area contributed by atoms with Crippen molar-refractivity contribution in [3.8, 4) is 22.6 Å². The highest BCUT2D eigenvalue weighted by Crippen LogP contribution is 2.31. The van der Waals surface area contributed by atoms with Gasteiger partial charge in [-0.3, -0.25) is 9.97 Å². The minimum Gasteiger partial charge on any atom is -0.340 e. The van der Waals surface area contributed by atoms with Gasteiger partial charge in [0.15, 0.2) is 0 Å². The molecule has 0 saturated heterocycles. The fourth-order valence-electron chi connectivity index (χ4n) is 3.53. The summed E-state index contributed by atoms with van der Waals surface area (Å²) in [6.45, 7) is 0. The summed E-state index contributed by atoms with van der Waals surface area (Å²) in [5, 5.41) is 1.10. The Kier molecular flexibility index (Phi) is 4.41. The second kappa shape index (κ2) is 7.36. The first-order chi connectivity index (χ1) is 14.3. The number of nitrogens with zero attached hydrogens (tertiary/aromatic N) is 3. The van der Waals surface area contributed by atoms with E-state index in [1.54, 1.807) is 0 Å². The van der Waals surface area contributed by atoms with Crippen LogP contribution in [-0.4, -0.2) is 27.8 Å². The topological polar surface area (TPSA) is 54.5 Å². The summed E-state index contributed by atoms with van der Waals surface area (Å²) in [5.41, 5.74) is 7.26. The van der Waals surface area contributed by atoms with E-state index < -0.39 is 0 Å². The fraction of sp³-hybridized carbons (Fsp3) is 0.0417. The number of pyridine rings is 2. The monoisotopic (exact) mass is 374 g/mol. The van der Waals surface area contributed by atoms with Crippen molar-refractivity contribution in [1.29, 1.82) is 0 Å². The zero-order chi connectivity index (χ0) is 19.6. The van der Waals surface area contributed by atoms with Gasteiger partial charge in [0.1, 0.15) is 13.7 Å². The second-order valence-electron chi connectivity index (χ2n) is 7.20. The Bertz CT molecular complexity index is 1280. The maximum Gasteiger partial charge on any atom is 0.139 e. The summed E-state index contributed by atoms with van der Waals surface area (Å²) in [6.07, 6.45) is 4.37. The lowest BCUT2D eigenvalue weighted by Crippen LogP contribution is -2.01. The summed E-state index contributed by atoms with van der Waals surface area (Å²) < 4.78 is 0. The van der Waals surface area contributed by atoms with E-state index in [-0.39, 0.29) is 0 Å². The van der Waals surface area contributed by atoms with Crippen molar-refractivity contribution in [1.82, 2.24) is 19.9 Å². The number of imidazole rings is 1. The van der Waals surface area contributed by atoms with Crippen LogP contribution in [0.25, 0.3) is 33.5 Å². The molecule has 0 saturated carbocycles. The highest BCUT2D eigenvalue weighted by atomic mass is 15.0. The van der Waals surface area contributed by atoms with Crippen LogP contribution < -0.4 is 5.46 Å². The molecule has 1 N–H and O–H groups in total. The van der Waals surface area contributed by atoms with E-state index in [1.807, 2.05) is 42.7 Å². The molecule has 29 heavy (non-hydrogen) atoms. The van der Waals surface area contributed by atoms with E-state index in [4.69, 9.17) is 4.98 Å². The number of rotatable bonds is 4. The summed E-state index contributed by atoms with van der Waals surface area (Å²) in [5.74, 6) is 0.927. The van der Waals surface area contributed by atoms with E-state index in [9.17, 15) is 0 Å². The SMILES string of the molecule is Bc1ccc(Cc2nc(-c3ccc4ncccc4c3)c(-c3ccccn3)[nH]2)cc1. The number of nitrogens with one attached hydrogen (secondary N) is 1. The number of aromatic nitrogens is 4. The second-order valence-corrected chi connectivity index (χ2v) is 7.20. The van der Waals surface area contributed by atoms with Gasteiger partial charge in [-0.15, -0.1) is 0 Å². The van der Waals surface area contributed by atoms with Crippen LogP contribution in [0.1, 0.15) is 11.4 Å². The third-order valence-corrected chi connectivity index (χ3v) is 5.04. The van der Waals surface area contributed by atoms with Crippen LogP contribution >= 0.6 is 0 Å². The highest BCUT2D eigenvalue weighted by Gasteiger charge is 2.16. The molecule has 5 rings (SSSR count). The first-order valence-electron chi connectivity index (χ1n) is 9.67. The van der Waals surface area contributed by atoms with Crippen molar-refractivity contribution >= 4 is 24.2 Å². The van der Waals surface area contributed by atoms with Gasteiger partial charge in [0.25, 0.3) is 0 Å². The molecule has 0 unspecified atom stereocenters. The molecule has 5 aromatic rings. The Balaban J connectivity index is 1.62. The lowest BCUT2D eigenvalue weighted by Gasteiger charge is -2.04. The molecular weight excluding hydrogens is 355 g/mol. The van der Waals surface area contributed by atoms with E-state index in [1.165, 1.54) is 11.0 Å². The van der Waals surface area contributed by atoms with Crippen molar-refractivity contribution < 1.29 is 0 Å². The van der Waals surface area contributed by atoms with Crippen molar-refractivity contribution in [2.45, 2.75) is 6.42 Å². The Morgan fingerprint density at radius 2 is 1.69 bits per heavy atom. The van der Waals surface area contributed by atoms with Crippen molar-refractivity contribution in [2.24, 2.45) is 0 Å². The van der Waals surface area contributed by atoms with Crippen LogP contribution in [0.5, 0.6) is 0 Å². The molecule has 0 aliphatic rings. The van der Waals surface area contributed by atoms with Gasteiger partial charge in [-0.1, -0.05) is 47.9 Å². The zero-order valence-electron chi connectivity index (χ0n) is 16.1. The lowest BCUT2D eigenvalue weighted by molar-refractivity contribution is 1.03. The van der Waals surface area contributed by atoms with Gasteiger partial charge >= 0.3 is 0 Å². The molecule has 0 bridgehead atoms. The zero-order valence-corrected chi connectivity index (χ0v) is 16.1. The Morgan fingerprint density at radius 3 is 2.52 bits per heavy atom. The summed E-state index contributed by atoms with van der Waals surface area (Å²) in [6, 6.07) is 24.8. The van der Waals surface area contributed by atoms with Crippen LogP contribution in [0.3, 0.4) is 0 Å². The number of fused-ring (bicyclic) bond motifs is 1. The molecule has 0 amide bonds. The van der Waals surface area contributed by atoms with E-state index >= 15 is 0 Å². The minimum atomic E-state index is 0.745. The quantitative estimate of drug-likeness (QED) is 0.490. The molecule has 0 fully saturated rings. The largest absolute Gasteiger partial charge is 0.340 e. The predicted molar refractivity (Wildman–Crippen MR) is 120 cm³/mol. The maximum atomic E-state index is 4.97. The van der Waals surface area contributed by atoms with Gasteiger partial charge in [-0.25, -0.2) is 4.98 Å².